The second-order valence-electron chi connectivity index (χ2n) is 11.3. The fourth-order valence-electron chi connectivity index (χ4n) is 3.56. The maximum atomic E-state index is 13.8. The van der Waals surface area contributed by atoms with E-state index in [-0.39, 0.29) is 13.0 Å². The predicted octanol–water partition coefficient (Wildman–Crippen LogP) is 3.63. The first-order valence-electron chi connectivity index (χ1n) is 13.0. The molecule has 222 valence electrons. The van der Waals surface area contributed by atoms with Crippen LogP contribution in [-0.4, -0.2) is 47.2 Å². The largest absolute Gasteiger partial charge is 0.457 e. The lowest BCUT2D eigenvalue weighted by molar-refractivity contribution is -0.148. The van der Waals surface area contributed by atoms with Crippen LogP contribution in [0.1, 0.15) is 62.4 Å². The molecular weight excluding hydrogens is 558 g/mol. The summed E-state index contributed by atoms with van der Waals surface area (Å²) in [6.07, 6.45) is 1.07. The van der Waals surface area contributed by atoms with Gasteiger partial charge in [0.15, 0.2) is 0 Å². The number of carbonyl (C=O) groups is 4. The summed E-state index contributed by atoms with van der Waals surface area (Å²) in [7, 11) is 0. The lowest BCUT2D eigenvalue weighted by atomic mass is 9.88. The molecule has 42 heavy (non-hydrogen) atoms. The van der Waals surface area contributed by atoms with Crippen molar-refractivity contribution in [2.45, 2.75) is 71.2 Å². The van der Waals surface area contributed by atoms with Crippen LogP contribution in [0.15, 0.2) is 48.6 Å². The van der Waals surface area contributed by atoms with Gasteiger partial charge in [-0.05, 0) is 77.4 Å². The highest BCUT2D eigenvalue weighted by molar-refractivity contribution is 7.12. The quantitative estimate of drug-likeness (QED) is 0.277. The molecule has 0 aliphatic carbocycles. The Hall–Kier alpha value is -4.68. The first-order chi connectivity index (χ1) is 19.5. The van der Waals surface area contributed by atoms with E-state index in [4.69, 9.17) is 14.7 Å². The van der Waals surface area contributed by atoms with Crippen molar-refractivity contribution in [3.8, 4) is 12.1 Å². The molecule has 0 radical (unpaired) electrons. The van der Waals surface area contributed by atoms with Crippen LogP contribution in [0.25, 0.3) is 0 Å². The van der Waals surface area contributed by atoms with Crippen molar-refractivity contribution in [3.63, 3.8) is 0 Å². The third kappa shape index (κ3) is 11.4. The summed E-state index contributed by atoms with van der Waals surface area (Å²) < 4.78 is 10.7. The molecule has 1 aromatic carbocycles. The molecule has 2 aromatic rings. The zero-order valence-electron chi connectivity index (χ0n) is 24.5. The van der Waals surface area contributed by atoms with Crippen LogP contribution in [0, 0.1) is 22.7 Å². The van der Waals surface area contributed by atoms with Crippen LogP contribution in [0.4, 0.5) is 4.79 Å². The molecule has 3 N–H and O–H groups in total. The molecule has 1 aromatic heterocycles. The van der Waals surface area contributed by atoms with Gasteiger partial charge in [-0.2, -0.15) is 10.5 Å². The summed E-state index contributed by atoms with van der Waals surface area (Å²) in [6.45, 7) is 9.70. The molecule has 3 amide bonds. The smallest absolute Gasteiger partial charge is 0.408 e. The predicted molar refractivity (Wildman–Crippen MR) is 156 cm³/mol. The second-order valence-corrected chi connectivity index (χ2v) is 12.5. The first kappa shape index (κ1) is 33.5. The van der Waals surface area contributed by atoms with Crippen molar-refractivity contribution < 1.29 is 28.7 Å². The van der Waals surface area contributed by atoms with Gasteiger partial charge >= 0.3 is 12.1 Å². The van der Waals surface area contributed by atoms with Crippen molar-refractivity contribution in [2.24, 2.45) is 0 Å². The zero-order chi connectivity index (χ0) is 31.6. The van der Waals surface area contributed by atoms with Crippen LogP contribution in [0.5, 0.6) is 0 Å². The Morgan fingerprint density at radius 2 is 1.62 bits per heavy atom. The summed E-state index contributed by atoms with van der Waals surface area (Å²) in [4.78, 5) is 53.2. The molecule has 11 nitrogen and oxygen atoms in total. The number of amides is 3. The van der Waals surface area contributed by atoms with Gasteiger partial charge in [0.2, 0.25) is 5.91 Å². The van der Waals surface area contributed by atoms with Gasteiger partial charge < -0.3 is 25.4 Å². The van der Waals surface area contributed by atoms with Crippen molar-refractivity contribution in [1.29, 1.82) is 10.5 Å². The van der Waals surface area contributed by atoms with Gasteiger partial charge in [-0.1, -0.05) is 12.1 Å². The number of thiophene rings is 1. The van der Waals surface area contributed by atoms with E-state index in [1.807, 2.05) is 12.1 Å². The Balaban J connectivity index is 2.40. The number of hydrogen-bond acceptors (Lipinski definition) is 9. The highest BCUT2D eigenvalue weighted by Crippen LogP contribution is 2.20. The first-order valence-corrected chi connectivity index (χ1v) is 13.8. The molecule has 0 saturated carbocycles. The van der Waals surface area contributed by atoms with Gasteiger partial charge in [-0.25, -0.2) is 9.59 Å². The van der Waals surface area contributed by atoms with Gasteiger partial charge in [0.25, 0.3) is 5.91 Å². The number of carbonyl (C=O) groups excluding carboxylic acids is 4. The highest BCUT2D eigenvalue weighted by atomic mass is 32.1. The molecule has 0 aliphatic rings. The average Bonchev–Trinajstić information content (AvgIpc) is 3.35. The Morgan fingerprint density at radius 3 is 2.21 bits per heavy atom. The van der Waals surface area contributed by atoms with Crippen molar-refractivity contribution in [2.75, 3.05) is 6.54 Å². The number of rotatable bonds is 10. The van der Waals surface area contributed by atoms with E-state index in [2.05, 4.69) is 16.0 Å². The average molecular weight is 594 g/mol. The standard InChI is InChI=1S/C30H35N5O6S/c1-28(2,3)40-25(37)12-13-30(35-27(39)41-29(4,5)6,15-20-8-7-9-21(14-20)16-31)26(38)34-19-24(36)33-18-23-11-10-22(17-32)42-23/h7-14H,15,18-19H2,1-6H3,(H,33,36)(H,34,38)(H,35,39)/t30-/m0/s1. The molecule has 0 saturated heterocycles. The van der Waals surface area contributed by atoms with Crippen LogP contribution < -0.4 is 16.0 Å². The SMILES string of the molecule is CC(C)(C)OC(=O)C=C[C@@](Cc1cccc(C#N)c1)(NC(=O)OC(C)(C)C)C(=O)NCC(=O)NCc1ccc(C#N)s1. The molecular formula is C30H35N5O6S. The van der Waals surface area contributed by atoms with E-state index < -0.39 is 47.2 Å². The Kier molecular flexibility index (Phi) is 11.4. The van der Waals surface area contributed by atoms with Gasteiger partial charge in [0, 0.05) is 17.4 Å². The van der Waals surface area contributed by atoms with Crippen molar-refractivity contribution in [3.05, 3.63) is 69.4 Å². The molecule has 2 rings (SSSR count). The number of nitriles is 2. The van der Waals surface area contributed by atoms with E-state index in [0.29, 0.717) is 16.0 Å². The molecule has 0 spiro atoms. The molecule has 0 fully saturated rings. The maximum absolute atomic E-state index is 13.8. The lowest BCUT2D eigenvalue weighted by Gasteiger charge is -2.32. The number of benzene rings is 1. The van der Waals surface area contributed by atoms with Crippen LogP contribution >= 0.6 is 11.3 Å². The minimum absolute atomic E-state index is 0.155. The highest BCUT2D eigenvalue weighted by Gasteiger charge is 2.40. The number of nitrogens with one attached hydrogen (secondary N) is 3. The molecule has 0 unspecified atom stereocenters. The Morgan fingerprint density at radius 1 is 0.929 bits per heavy atom. The summed E-state index contributed by atoms with van der Waals surface area (Å²) in [5.41, 5.74) is -2.84. The summed E-state index contributed by atoms with van der Waals surface area (Å²) >= 11 is 1.23. The van der Waals surface area contributed by atoms with Gasteiger partial charge in [0.1, 0.15) is 27.7 Å². The molecule has 12 heteroatoms. The van der Waals surface area contributed by atoms with Crippen LogP contribution in [0.2, 0.25) is 0 Å². The molecule has 1 heterocycles. The van der Waals surface area contributed by atoms with Gasteiger partial charge in [-0.15, -0.1) is 11.3 Å². The van der Waals surface area contributed by atoms with Crippen molar-refractivity contribution >= 4 is 35.2 Å². The Labute approximate surface area is 249 Å². The number of hydrogen-bond donors (Lipinski definition) is 3. The fraction of sp³-hybridized carbons (Fsp3) is 0.400. The van der Waals surface area contributed by atoms with E-state index in [1.165, 1.54) is 17.4 Å². The number of esters is 1. The van der Waals surface area contributed by atoms with Gasteiger partial charge in [-0.3, -0.25) is 9.59 Å². The van der Waals surface area contributed by atoms with Crippen molar-refractivity contribution in [1.82, 2.24) is 16.0 Å². The number of alkyl carbamates (subject to hydrolysis) is 1. The maximum Gasteiger partial charge on any atom is 0.408 e. The zero-order valence-corrected chi connectivity index (χ0v) is 25.3. The minimum Gasteiger partial charge on any atom is -0.457 e. The normalized spacial score (nSPS) is 12.8. The fourth-order valence-corrected chi connectivity index (χ4v) is 4.31. The monoisotopic (exact) mass is 593 g/mol. The second kappa shape index (κ2) is 14.3. The summed E-state index contributed by atoms with van der Waals surface area (Å²) in [5, 5.41) is 26.1. The third-order valence-corrected chi connectivity index (χ3v) is 6.21. The Bertz CT molecular complexity index is 1420. The van der Waals surface area contributed by atoms with Crippen LogP contribution in [0.3, 0.4) is 0 Å². The summed E-state index contributed by atoms with van der Waals surface area (Å²) in [6, 6.07) is 13.8. The van der Waals surface area contributed by atoms with E-state index in [9.17, 15) is 24.4 Å². The molecule has 0 bridgehead atoms. The molecule has 1 atom stereocenters. The minimum atomic E-state index is -1.93. The van der Waals surface area contributed by atoms with E-state index in [0.717, 1.165) is 11.0 Å². The third-order valence-electron chi connectivity index (χ3n) is 5.22. The van der Waals surface area contributed by atoms with Crippen LogP contribution in [-0.2, 0) is 36.8 Å². The number of nitrogens with zero attached hydrogens (tertiary/aromatic N) is 2. The summed E-state index contributed by atoms with van der Waals surface area (Å²) in [5.74, 6) is -2.10. The topological polar surface area (TPSA) is 170 Å². The number of ether oxygens (including phenoxy) is 2. The van der Waals surface area contributed by atoms with Gasteiger partial charge in [0.05, 0.1) is 24.7 Å². The van der Waals surface area contributed by atoms with E-state index in [1.54, 1.807) is 77.9 Å². The molecule has 0 aliphatic heterocycles. The van der Waals surface area contributed by atoms with E-state index >= 15 is 0 Å². The lowest BCUT2D eigenvalue weighted by Crippen LogP contribution is -2.60.